The Balaban J connectivity index is 1.66. The number of hydrogen-bond donors (Lipinski definition) is 1. The minimum atomic E-state index is -0.353. The molecule has 22 heavy (non-hydrogen) atoms. The zero-order valence-corrected chi connectivity index (χ0v) is 15.1. The lowest BCUT2D eigenvalue weighted by atomic mass is 9.71. The van der Waals surface area contributed by atoms with Crippen molar-refractivity contribution in [1.29, 1.82) is 0 Å². The van der Waals surface area contributed by atoms with Crippen LogP contribution < -0.4 is 0 Å². The number of nitrogens with zero attached hydrogens (tertiary/aromatic N) is 2. The first-order valence-corrected chi connectivity index (χ1v) is 9.12. The average Bonchev–Trinajstić information content (AvgIpc) is 2.44. The first-order chi connectivity index (χ1) is 10.4. The summed E-state index contributed by atoms with van der Waals surface area (Å²) in [7, 11) is 0. The summed E-state index contributed by atoms with van der Waals surface area (Å²) in [6.45, 7) is 16.0. The van der Waals surface area contributed by atoms with Crippen LogP contribution in [0, 0.1) is 11.3 Å². The van der Waals surface area contributed by atoms with Crippen molar-refractivity contribution in [2.45, 2.75) is 59.2 Å². The highest BCUT2D eigenvalue weighted by Crippen LogP contribution is 2.39. The van der Waals surface area contributed by atoms with Crippen molar-refractivity contribution < 1.29 is 9.84 Å². The molecule has 1 N–H and O–H groups in total. The van der Waals surface area contributed by atoms with E-state index in [0.717, 1.165) is 58.0 Å². The largest absolute Gasteiger partial charge is 0.389 e. The molecule has 0 radical (unpaired) electrons. The molecule has 0 unspecified atom stereocenters. The van der Waals surface area contributed by atoms with Gasteiger partial charge in [-0.15, -0.1) is 0 Å². The molecule has 0 amide bonds. The van der Waals surface area contributed by atoms with Crippen LogP contribution in [0.15, 0.2) is 0 Å². The Hall–Kier alpha value is -0.160. The molecular weight excluding hydrogens is 276 g/mol. The zero-order valence-electron chi connectivity index (χ0n) is 15.1. The molecule has 0 spiro atoms. The predicted molar refractivity (Wildman–Crippen MR) is 91.1 cm³/mol. The number of aliphatic hydroxyl groups is 1. The fourth-order valence-corrected chi connectivity index (χ4v) is 4.27. The second-order valence-corrected chi connectivity index (χ2v) is 8.26. The smallest absolute Gasteiger partial charge is 0.0900 e. The van der Waals surface area contributed by atoms with E-state index in [0.29, 0.717) is 18.1 Å². The number of β-amino-alcohol motifs (C(OH)–C–C–N with tert-alkyl or cyclic N) is 1. The van der Waals surface area contributed by atoms with E-state index < -0.39 is 0 Å². The molecule has 2 fully saturated rings. The summed E-state index contributed by atoms with van der Waals surface area (Å²) in [4.78, 5) is 4.83. The van der Waals surface area contributed by atoms with E-state index >= 15 is 0 Å². The maximum Gasteiger partial charge on any atom is 0.0900 e. The summed E-state index contributed by atoms with van der Waals surface area (Å²) >= 11 is 0. The summed E-state index contributed by atoms with van der Waals surface area (Å²) in [5, 5.41) is 10.3. The molecule has 1 aliphatic carbocycles. The minimum Gasteiger partial charge on any atom is -0.389 e. The van der Waals surface area contributed by atoms with Gasteiger partial charge in [0.05, 0.1) is 18.8 Å². The SMILES string of the molecule is CCN1CCN(C[C@@H](O)CO[C@@H]2C[C@H](C)CC(C)(C)C2)CC1. The number of rotatable bonds is 6. The summed E-state index contributed by atoms with van der Waals surface area (Å²) < 4.78 is 6.05. The number of aliphatic hydroxyl groups excluding tert-OH is 1. The fraction of sp³-hybridized carbons (Fsp3) is 1.00. The van der Waals surface area contributed by atoms with Crippen molar-refractivity contribution in [3.63, 3.8) is 0 Å². The van der Waals surface area contributed by atoms with Crippen LogP contribution in [0.2, 0.25) is 0 Å². The minimum absolute atomic E-state index is 0.324. The lowest BCUT2D eigenvalue weighted by molar-refractivity contribution is -0.0632. The first-order valence-electron chi connectivity index (χ1n) is 9.12. The van der Waals surface area contributed by atoms with Gasteiger partial charge in [0.15, 0.2) is 0 Å². The maximum absolute atomic E-state index is 10.3. The molecule has 2 aliphatic rings. The van der Waals surface area contributed by atoms with Crippen molar-refractivity contribution in [1.82, 2.24) is 9.80 Å². The van der Waals surface area contributed by atoms with Crippen LogP contribution in [0.1, 0.15) is 47.0 Å². The molecule has 1 aliphatic heterocycles. The van der Waals surface area contributed by atoms with Gasteiger partial charge in [0.1, 0.15) is 0 Å². The van der Waals surface area contributed by atoms with E-state index in [2.05, 4.69) is 37.5 Å². The van der Waals surface area contributed by atoms with Crippen molar-refractivity contribution in [2.24, 2.45) is 11.3 Å². The summed E-state index contributed by atoms with van der Waals surface area (Å²) in [6.07, 6.45) is 3.53. The number of ether oxygens (including phenoxy) is 1. The molecule has 3 atom stereocenters. The van der Waals surface area contributed by atoms with Crippen molar-refractivity contribution >= 4 is 0 Å². The number of hydrogen-bond acceptors (Lipinski definition) is 4. The van der Waals surface area contributed by atoms with Gasteiger partial charge in [0.2, 0.25) is 0 Å². The molecule has 1 saturated carbocycles. The molecule has 0 aromatic rings. The van der Waals surface area contributed by atoms with E-state index in [4.69, 9.17) is 4.74 Å². The quantitative estimate of drug-likeness (QED) is 0.816. The third-order valence-corrected chi connectivity index (χ3v) is 5.25. The van der Waals surface area contributed by atoms with Crippen LogP contribution in [0.5, 0.6) is 0 Å². The zero-order chi connectivity index (χ0) is 16.2. The average molecular weight is 312 g/mol. The molecule has 0 aromatic heterocycles. The molecule has 1 saturated heterocycles. The molecule has 4 heteroatoms. The van der Waals surface area contributed by atoms with Gasteiger partial charge in [0, 0.05) is 32.7 Å². The van der Waals surface area contributed by atoms with Gasteiger partial charge < -0.3 is 14.7 Å². The van der Waals surface area contributed by atoms with E-state index in [1.165, 1.54) is 6.42 Å². The van der Waals surface area contributed by atoms with Gasteiger partial charge in [-0.05, 0) is 37.1 Å². The second kappa shape index (κ2) is 8.09. The maximum atomic E-state index is 10.3. The molecular formula is C18H36N2O2. The number of likely N-dealkylation sites (N-methyl/N-ethyl adjacent to an activating group) is 1. The standard InChI is InChI=1S/C18H36N2O2/c1-5-19-6-8-20(9-7-19)13-16(21)14-22-17-10-15(2)11-18(3,4)12-17/h15-17,21H,5-14H2,1-4H3/t15-,16+,17+/m0/s1. The lowest BCUT2D eigenvalue weighted by Gasteiger charge is -2.39. The summed E-state index contributed by atoms with van der Waals surface area (Å²) in [5.74, 6) is 0.730. The Morgan fingerprint density at radius 3 is 2.36 bits per heavy atom. The van der Waals surface area contributed by atoms with Crippen LogP contribution >= 0.6 is 0 Å². The Labute approximate surface area is 136 Å². The molecule has 1 heterocycles. The second-order valence-electron chi connectivity index (χ2n) is 8.26. The van der Waals surface area contributed by atoms with E-state index in [9.17, 15) is 5.11 Å². The third kappa shape index (κ3) is 5.80. The van der Waals surface area contributed by atoms with E-state index in [1.54, 1.807) is 0 Å². The highest BCUT2D eigenvalue weighted by atomic mass is 16.5. The summed E-state index contributed by atoms with van der Waals surface area (Å²) in [6, 6.07) is 0. The predicted octanol–water partition coefficient (Wildman–Crippen LogP) is 2.22. The molecule has 2 rings (SSSR count). The van der Waals surface area contributed by atoms with Gasteiger partial charge in [-0.25, -0.2) is 0 Å². The first kappa shape index (κ1) is 18.2. The molecule has 0 aromatic carbocycles. The molecule has 130 valence electrons. The molecule has 0 bridgehead atoms. The van der Waals surface area contributed by atoms with Crippen LogP contribution in [0.25, 0.3) is 0 Å². The third-order valence-electron chi connectivity index (χ3n) is 5.25. The van der Waals surface area contributed by atoms with Gasteiger partial charge in [-0.3, -0.25) is 4.90 Å². The highest BCUT2D eigenvalue weighted by Gasteiger charge is 2.32. The Morgan fingerprint density at radius 1 is 1.14 bits per heavy atom. The Morgan fingerprint density at radius 2 is 1.77 bits per heavy atom. The van der Waals surface area contributed by atoms with Crippen molar-refractivity contribution in [2.75, 3.05) is 45.9 Å². The van der Waals surface area contributed by atoms with Gasteiger partial charge in [-0.2, -0.15) is 0 Å². The van der Waals surface area contributed by atoms with Crippen LogP contribution in [0.4, 0.5) is 0 Å². The van der Waals surface area contributed by atoms with Crippen LogP contribution in [-0.4, -0.2) is 73.0 Å². The van der Waals surface area contributed by atoms with E-state index in [-0.39, 0.29) is 6.10 Å². The number of piperazine rings is 1. The van der Waals surface area contributed by atoms with Crippen molar-refractivity contribution in [3.8, 4) is 0 Å². The van der Waals surface area contributed by atoms with Gasteiger partial charge >= 0.3 is 0 Å². The topological polar surface area (TPSA) is 35.9 Å². The van der Waals surface area contributed by atoms with Crippen molar-refractivity contribution in [3.05, 3.63) is 0 Å². The van der Waals surface area contributed by atoms with Crippen LogP contribution in [0.3, 0.4) is 0 Å². The Kier molecular flexibility index (Phi) is 6.69. The fourth-order valence-electron chi connectivity index (χ4n) is 4.27. The monoisotopic (exact) mass is 312 g/mol. The van der Waals surface area contributed by atoms with Gasteiger partial charge in [0.25, 0.3) is 0 Å². The summed E-state index contributed by atoms with van der Waals surface area (Å²) in [5.41, 5.74) is 0.379. The van der Waals surface area contributed by atoms with Crippen LogP contribution in [-0.2, 0) is 4.74 Å². The van der Waals surface area contributed by atoms with Gasteiger partial charge in [-0.1, -0.05) is 27.7 Å². The lowest BCUT2D eigenvalue weighted by Crippen LogP contribution is -2.49. The molecule has 4 nitrogen and oxygen atoms in total. The normalized spacial score (nSPS) is 32.0. The Bertz CT molecular complexity index is 327. The van der Waals surface area contributed by atoms with E-state index in [1.807, 2.05) is 0 Å². The highest BCUT2D eigenvalue weighted by molar-refractivity contribution is 4.83.